The zero-order valence-electron chi connectivity index (χ0n) is 16.9. The van der Waals surface area contributed by atoms with Gasteiger partial charge in [0.1, 0.15) is 5.69 Å². The largest absolute Gasteiger partial charge is 0.461 e. The standard InChI is InChI=1S/C20H23FN4O5/c1-3-30-20(27)15-11-16(26)13-10-14(25(28)29)19(23-8-6-22(2)7-9-23)17(21)18(13)24(15)12-4-5-12/h10-12H,3-9H2,1-2H3. The molecular weight excluding hydrogens is 395 g/mol. The first-order chi connectivity index (χ1) is 14.3. The predicted molar refractivity (Wildman–Crippen MR) is 109 cm³/mol. The van der Waals surface area contributed by atoms with E-state index in [1.807, 2.05) is 7.05 Å². The minimum absolute atomic E-state index is 0.0195. The van der Waals surface area contributed by atoms with Gasteiger partial charge in [-0.3, -0.25) is 14.9 Å². The van der Waals surface area contributed by atoms with Gasteiger partial charge in [-0.1, -0.05) is 0 Å². The molecule has 1 aromatic carbocycles. The normalized spacial score (nSPS) is 17.4. The van der Waals surface area contributed by atoms with Crippen LogP contribution < -0.4 is 10.3 Å². The van der Waals surface area contributed by atoms with Crippen LogP contribution in [0.4, 0.5) is 15.8 Å². The highest BCUT2D eigenvalue weighted by Gasteiger charge is 2.35. The summed E-state index contributed by atoms with van der Waals surface area (Å²) in [6.45, 7) is 3.87. The summed E-state index contributed by atoms with van der Waals surface area (Å²) < 4.78 is 22.5. The summed E-state index contributed by atoms with van der Waals surface area (Å²) in [6, 6.07) is 2.09. The highest BCUT2D eigenvalue weighted by atomic mass is 19.1. The zero-order valence-corrected chi connectivity index (χ0v) is 16.9. The van der Waals surface area contributed by atoms with Crippen LogP contribution in [0.25, 0.3) is 10.9 Å². The highest BCUT2D eigenvalue weighted by Crippen LogP contribution is 2.42. The molecule has 2 aliphatic rings. The van der Waals surface area contributed by atoms with E-state index in [-0.39, 0.29) is 34.9 Å². The number of carbonyl (C=O) groups is 1. The summed E-state index contributed by atoms with van der Waals surface area (Å²) in [4.78, 5) is 40.0. The van der Waals surface area contributed by atoms with E-state index in [0.29, 0.717) is 26.2 Å². The van der Waals surface area contributed by atoms with Crippen molar-refractivity contribution in [2.24, 2.45) is 0 Å². The summed E-state index contributed by atoms with van der Waals surface area (Å²) in [5, 5.41) is 11.6. The van der Waals surface area contributed by atoms with Gasteiger partial charge < -0.3 is 19.1 Å². The molecule has 30 heavy (non-hydrogen) atoms. The first-order valence-corrected chi connectivity index (χ1v) is 10.00. The number of halogens is 1. The average Bonchev–Trinajstić information content (AvgIpc) is 3.54. The lowest BCUT2D eigenvalue weighted by atomic mass is 10.1. The molecular formula is C20H23FN4O5. The molecule has 0 unspecified atom stereocenters. The zero-order chi connectivity index (χ0) is 21.6. The number of pyridine rings is 1. The predicted octanol–water partition coefficient (Wildman–Crippen LogP) is 2.31. The van der Waals surface area contributed by atoms with E-state index in [0.717, 1.165) is 25.0 Å². The Labute approximate surface area is 171 Å². The number of hydrogen-bond donors (Lipinski definition) is 0. The van der Waals surface area contributed by atoms with E-state index in [4.69, 9.17) is 4.74 Å². The number of benzene rings is 1. The van der Waals surface area contributed by atoms with Crippen LogP contribution in [0.1, 0.15) is 36.3 Å². The third kappa shape index (κ3) is 3.41. The van der Waals surface area contributed by atoms with Gasteiger partial charge in [-0.25, -0.2) is 9.18 Å². The number of hydrogen-bond acceptors (Lipinski definition) is 7. The van der Waals surface area contributed by atoms with Crippen LogP contribution in [0, 0.1) is 15.9 Å². The van der Waals surface area contributed by atoms with Gasteiger partial charge in [0.05, 0.1) is 22.4 Å². The number of piperazine rings is 1. The van der Waals surface area contributed by atoms with Gasteiger partial charge in [0.25, 0.3) is 5.69 Å². The van der Waals surface area contributed by atoms with Crippen LogP contribution in [0.2, 0.25) is 0 Å². The van der Waals surface area contributed by atoms with Gasteiger partial charge in [-0.05, 0) is 26.8 Å². The van der Waals surface area contributed by atoms with Gasteiger partial charge in [0, 0.05) is 44.4 Å². The fraction of sp³-hybridized carbons (Fsp3) is 0.500. The smallest absolute Gasteiger partial charge is 0.355 e. The molecule has 2 heterocycles. The second kappa shape index (κ2) is 7.67. The number of nitrogens with zero attached hydrogens (tertiary/aromatic N) is 4. The van der Waals surface area contributed by atoms with Crippen molar-refractivity contribution in [1.82, 2.24) is 9.47 Å². The molecule has 0 amide bonds. The van der Waals surface area contributed by atoms with Crippen molar-refractivity contribution in [2.45, 2.75) is 25.8 Å². The Morgan fingerprint density at radius 2 is 1.93 bits per heavy atom. The number of ether oxygens (including phenoxy) is 1. The van der Waals surface area contributed by atoms with Crippen LogP contribution in [0.5, 0.6) is 0 Å². The lowest BCUT2D eigenvalue weighted by molar-refractivity contribution is -0.384. The fourth-order valence-corrected chi connectivity index (χ4v) is 3.98. The van der Waals surface area contributed by atoms with E-state index in [9.17, 15) is 19.7 Å². The lowest BCUT2D eigenvalue weighted by Crippen LogP contribution is -2.45. The lowest BCUT2D eigenvalue weighted by Gasteiger charge is -2.34. The Kier molecular flexibility index (Phi) is 5.19. The van der Waals surface area contributed by atoms with E-state index < -0.39 is 27.8 Å². The maximum absolute atomic E-state index is 16.0. The first kappa shape index (κ1) is 20.3. The van der Waals surface area contributed by atoms with Crippen molar-refractivity contribution in [2.75, 3.05) is 44.7 Å². The number of carbonyl (C=O) groups excluding carboxylic acids is 1. The minimum atomic E-state index is -0.834. The van der Waals surface area contributed by atoms with Crippen molar-refractivity contribution in [3.63, 3.8) is 0 Å². The van der Waals surface area contributed by atoms with Crippen LogP contribution >= 0.6 is 0 Å². The minimum Gasteiger partial charge on any atom is -0.461 e. The van der Waals surface area contributed by atoms with Crippen LogP contribution in [-0.4, -0.2) is 60.2 Å². The Morgan fingerprint density at radius 3 is 2.50 bits per heavy atom. The summed E-state index contributed by atoms with van der Waals surface area (Å²) in [6.07, 6.45) is 1.45. The second-order valence-corrected chi connectivity index (χ2v) is 7.72. The van der Waals surface area contributed by atoms with Gasteiger partial charge in [0.15, 0.2) is 16.9 Å². The molecule has 9 nitrogen and oxygen atoms in total. The molecule has 1 saturated heterocycles. The molecule has 1 aromatic heterocycles. The number of rotatable bonds is 5. The van der Waals surface area contributed by atoms with Gasteiger partial charge in [0.2, 0.25) is 0 Å². The van der Waals surface area contributed by atoms with Gasteiger partial charge in [-0.2, -0.15) is 0 Å². The maximum atomic E-state index is 16.0. The molecule has 1 saturated carbocycles. The van der Waals surface area contributed by atoms with Crippen molar-refractivity contribution < 1.29 is 18.8 Å². The Balaban J connectivity index is 2.02. The SMILES string of the molecule is CCOC(=O)c1cc(=O)c2cc([N+](=O)[O-])c(N3CCN(C)CC3)c(F)c2n1C1CC1. The van der Waals surface area contributed by atoms with Crippen molar-refractivity contribution >= 4 is 28.2 Å². The highest BCUT2D eigenvalue weighted by molar-refractivity contribution is 5.95. The summed E-state index contributed by atoms with van der Waals surface area (Å²) >= 11 is 0. The molecule has 10 heteroatoms. The third-order valence-electron chi connectivity index (χ3n) is 5.64. The summed E-state index contributed by atoms with van der Waals surface area (Å²) in [5.41, 5.74) is -1.29. The molecule has 0 spiro atoms. The van der Waals surface area contributed by atoms with E-state index >= 15 is 4.39 Å². The molecule has 0 atom stereocenters. The van der Waals surface area contributed by atoms with Gasteiger partial charge >= 0.3 is 5.97 Å². The van der Waals surface area contributed by atoms with Crippen LogP contribution in [-0.2, 0) is 4.74 Å². The number of esters is 1. The quantitative estimate of drug-likeness (QED) is 0.417. The van der Waals surface area contributed by atoms with Crippen molar-refractivity contribution in [3.8, 4) is 0 Å². The van der Waals surface area contributed by atoms with Crippen molar-refractivity contribution in [1.29, 1.82) is 0 Å². The van der Waals surface area contributed by atoms with E-state index in [1.54, 1.807) is 11.8 Å². The molecule has 4 rings (SSSR count). The monoisotopic (exact) mass is 418 g/mol. The van der Waals surface area contributed by atoms with Crippen molar-refractivity contribution in [3.05, 3.63) is 44.0 Å². The summed E-state index contributed by atoms with van der Waals surface area (Å²) in [7, 11) is 1.93. The Hall–Kier alpha value is -3.01. The van der Waals surface area contributed by atoms with Gasteiger partial charge in [-0.15, -0.1) is 0 Å². The number of likely N-dealkylation sites (N-methyl/N-ethyl adjacent to an activating group) is 1. The molecule has 0 radical (unpaired) electrons. The molecule has 160 valence electrons. The molecule has 2 fully saturated rings. The number of anilines is 1. The number of nitro groups is 1. The number of fused-ring (bicyclic) bond motifs is 1. The maximum Gasteiger partial charge on any atom is 0.355 e. The first-order valence-electron chi connectivity index (χ1n) is 10.00. The average molecular weight is 418 g/mol. The van der Waals surface area contributed by atoms with E-state index in [1.165, 1.54) is 4.57 Å². The number of nitro benzene ring substituents is 1. The van der Waals surface area contributed by atoms with E-state index in [2.05, 4.69) is 4.90 Å². The molecule has 0 N–H and O–H groups in total. The molecule has 0 bridgehead atoms. The van der Waals surface area contributed by atoms with Crippen LogP contribution in [0.3, 0.4) is 0 Å². The Morgan fingerprint density at radius 1 is 1.27 bits per heavy atom. The second-order valence-electron chi connectivity index (χ2n) is 7.72. The topological polar surface area (TPSA) is 97.9 Å². The van der Waals surface area contributed by atoms with Crippen LogP contribution in [0.15, 0.2) is 16.9 Å². The molecule has 2 aromatic rings. The molecule has 1 aliphatic heterocycles. The Bertz CT molecular complexity index is 1090. The third-order valence-corrected chi connectivity index (χ3v) is 5.64. The molecule has 1 aliphatic carbocycles. The fourth-order valence-electron chi connectivity index (χ4n) is 3.98. The number of aromatic nitrogens is 1. The summed E-state index contributed by atoms with van der Waals surface area (Å²) in [5.74, 6) is -1.54.